The molecule has 1 saturated heterocycles. The van der Waals surface area contributed by atoms with Crippen LogP contribution in [0.5, 0.6) is 0 Å². The standard InChI is InChI=1S/C22H22F10O9S3/c23-19(22(30,31)32,44(36,37)38)14(33)41-17-3-9-1-11(4-17)18(12(2-9)5-17)42-8-10(6-39-15(34)20(24,25)26)13(43-18)7-40-16(35)21(27,28)29/h9-13H,1-8H2,(H,36,37,38). The Morgan fingerprint density at radius 3 is 1.75 bits per heavy atom. The number of hydrogen-bond acceptors (Lipinski definition) is 10. The molecule has 0 aromatic carbocycles. The summed E-state index contributed by atoms with van der Waals surface area (Å²) in [4.78, 5) is 35.0. The van der Waals surface area contributed by atoms with E-state index in [0.29, 0.717) is 12.8 Å². The highest BCUT2D eigenvalue weighted by molar-refractivity contribution is 8.19. The quantitative estimate of drug-likeness (QED) is 0.172. The number of alkyl halides is 10. The Bertz CT molecular complexity index is 1270. The fourth-order valence-corrected chi connectivity index (χ4v) is 11.4. The average molecular weight is 717 g/mol. The molecule has 5 rings (SSSR count). The van der Waals surface area contributed by atoms with Crippen LogP contribution in [0.25, 0.3) is 0 Å². The van der Waals surface area contributed by atoms with Crippen LogP contribution in [0.15, 0.2) is 0 Å². The molecule has 1 spiro atoms. The molecule has 0 aromatic rings. The molecule has 5 atom stereocenters. The number of thioether (sulfide) groups is 2. The van der Waals surface area contributed by atoms with Gasteiger partial charge in [-0.3, -0.25) is 4.55 Å². The lowest BCUT2D eigenvalue weighted by molar-refractivity contribution is -0.233. The van der Waals surface area contributed by atoms with Crippen LogP contribution in [0, 0.1) is 23.7 Å². The van der Waals surface area contributed by atoms with Gasteiger partial charge in [0.15, 0.2) is 0 Å². The SMILES string of the molecule is O=C(OCC1CSC2(SC1COC(=O)C(F)(F)F)C1CC3CC2CC(OC(=O)C(F)(C(F)(F)F)S(=O)(=O)O)(C3)C1)C(F)(F)F. The van der Waals surface area contributed by atoms with Crippen molar-refractivity contribution in [3.63, 3.8) is 0 Å². The molecule has 4 aliphatic carbocycles. The Labute approximate surface area is 250 Å². The lowest BCUT2D eigenvalue weighted by atomic mass is 9.53. The van der Waals surface area contributed by atoms with Crippen LogP contribution in [0.4, 0.5) is 43.9 Å². The third kappa shape index (κ3) is 6.32. The van der Waals surface area contributed by atoms with Crippen LogP contribution in [0.3, 0.4) is 0 Å². The number of ether oxygens (including phenoxy) is 3. The van der Waals surface area contributed by atoms with Gasteiger partial charge in [0.25, 0.3) is 0 Å². The summed E-state index contributed by atoms with van der Waals surface area (Å²) in [7, 11) is -6.69. The number of halogens is 10. The van der Waals surface area contributed by atoms with E-state index in [2.05, 4.69) is 9.47 Å². The topological polar surface area (TPSA) is 133 Å². The summed E-state index contributed by atoms with van der Waals surface area (Å²) in [6, 6.07) is 0. The minimum atomic E-state index is -6.69. The third-order valence-electron chi connectivity index (χ3n) is 8.22. The van der Waals surface area contributed by atoms with Gasteiger partial charge in [-0.05, 0) is 49.9 Å². The van der Waals surface area contributed by atoms with Crippen molar-refractivity contribution in [3.05, 3.63) is 0 Å². The molecule has 4 bridgehead atoms. The van der Waals surface area contributed by atoms with Crippen LogP contribution >= 0.6 is 23.5 Å². The van der Waals surface area contributed by atoms with E-state index < -0.39 is 97.5 Å². The van der Waals surface area contributed by atoms with Crippen LogP contribution in [-0.2, 0) is 38.7 Å². The van der Waals surface area contributed by atoms with Crippen molar-refractivity contribution < 1.29 is 85.5 Å². The highest BCUT2D eigenvalue weighted by Crippen LogP contribution is 2.71. The molecule has 1 heterocycles. The predicted octanol–water partition coefficient (Wildman–Crippen LogP) is 4.60. The number of rotatable bonds is 7. The molecular formula is C22H22F10O9S3. The predicted molar refractivity (Wildman–Crippen MR) is 128 cm³/mol. The first kappa shape index (κ1) is 35.2. The van der Waals surface area contributed by atoms with E-state index in [1.807, 2.05) is 0 Å². The van der Waals surface area contributed by atoms with E-state index in [1.165, 1.54) is 0 Å². The fraction of sp³-hybridized carbons (Fsp3) is 0.864. The minimum Gasteiger partial charge on any atom is -0.459 e. The van der Waals surface area contributed by atoms with Gasteiger partial charge in [0.1, 0.15) is 12.2 Å². The first-order chi connectivity index (χ1) is 19.8. The zero-order chi connectivity index (χ0) is 33.3. The Morgan fingerprint density at radius 2 is 1.30 bits per heavy atom. The second kappa shape index (κ2) is 11.2. The van der Waals surface area contributed by atoms with Gasteiger partial charge < -0.3 is 14.2 Å². The van der Waals surface area contributed by atoms with E-state index in [1.54, 1.807) is 0 Å². The normalized spacial score (nSPS) is 35.2. The maximum absolute atomic E-state index is 14.7. The lowest BCUT2D eigenvalue weighted by Crippen LogP contribution is -2.65. The van der Waals surface area contributed by atoms with Crippen molar-refractivity contribution in [1.82, 2.24) is 0 Å². The first-order valence-electron chi connectivity index (χ1n) is 12.6. The van der Waals surface area contributed by atoms with Crippen LogP contribution in [-0.4, -0.2) is 88.3 Å². The summed E-state index contributed by atoms with van der Waals surface area (Å²) < 4.78 is 175. The Kier molecular flexibility index (Phi) is 8.98. The summed E-state index contributed by atoms with van der Waals surface area (Å²) in [5, 5.41) is -6.92. The van der Waals surface area contributed by atoms with E-state index in [9.17, 15) is 66.7 Å². The van der Waals surface area contributed by atoms with Crippen molar-refractivity contribution in [3.8, 4) is 0 Å². The monoisotopic (exact) mass is 716 g/mol. The third-order valence-corrected chi connectivity index (χ3v) is 13.5. The Hall–Kier alpha value is -1.68. The minimum absolute atomic E-state index is 0.0702. The zero-order valence-electron chi connectivity index (χ0n) is 21.8. The molecule has 22 heteroatoms. The van der Waals surface area contributed by atoms with Gasteiger partial charge in [-0.2, -0.15) is 47.9 Å². The van der Waals surface area contributed by atoms with Gasteiger partial charge >= 0.3 is 51.6 Å². The number of carbonyl (C=O) groups is 3. The molecule has 0 aromatic heterocycles. The van der Waals surface area contributed by atoms with Crippen LogP contribution < -0.4 is 0 Å². The van der Waals surface area contributed by atoms with Gasteiger partial charge in [0.05, 0.1) is 10.7 Å². The molecular weight excluding hydrogens is 694 g/mol. The van der Waals surface area contributed by atoms with Crippen molar-refractivity contribution in [2.75, 3.05) is 19.0 Å². The van der Waals surface area contributed by atoms with E-state index >= 15 is 0 Å². The summed E-state index contributed by atoms with van der Waals surface area (Å²) in [6.07, 6.45) is -17.0. The molecule has 44 heavy (non-hydrogen) atoms. The van der Waals surface area contributed by atoms with Crippen molar-refractivity contribution in [1.29, 1.82) is 0 Å². The van der Waals surface area contributed by atoms with Crippen LogP contribution in [0.2, 0.25) is 0 Å². The molecule has 1 N–H and O–H groups in total. The second-order valence-electron chi connectivity index (χ2n) is 11.1. The Morgan fingerprint density at radius 1 is 0.795 bits per heavy atom. The van der Waals surface area contributed by atoms with E-state index in [4.69, 9.17) is 9.29 Å². The molecule has 5 aliphatic rings. The largest absolute Gasteiger partial charge is 0.490 e. The molecule has 4 saturated carbocycles. The summed E-state index contributed by atoms with van der Waals surface area (Å²) in [6.45, 7) is -1.85. The molecule has 0 amide bonds. The highest BCUT2D eigenvalue weighted by Gasteiger charge is 2.75. The number of hydrogen-bond donors (Lipinski definition) is 1. The van der Waals surface area contributed by atoms with Crippen molar-refractivity contribution in [2.24, 2.45) is 23.7 Å². The summed E-state index contributed by atoms with van der Waals surface area (Å²) in [5.74, 6) is -10.7. The maximum atomic E-state index is 14.7. The van der Waals surface area contributed by atoms with Gasteiger partial charge in [-0.25, -0.2) is 18.8 Å². The molecule has 5 unspecified atom stereocenters. The molecule has 1 aliphatic heterocycles. The zero-order valence-corrected chi connectivity index (χ0v) is 24.2. The van der Waals surface area contributed by atoms with Gasteiger partial charge in [0, 0.05) is 16.9 Å². The van der Waals surface area contributed by atoms with E-state index in [0.717, 1.165) is 23.5 Å². The Balaban J connectivity index is 1.57. The molecule has 252 valence electrons. The van der Waals surface area contributed by atoms with Crippen molar-refractivity contribution >= 4 is 51.5 Å². The average Bonchev–Trinajstić information content (AvgIpc) is 2.85. The fourth-order valence-electron chi connectivity index (χ4n) is 6.58. The maximum Gasteiger partial charge on any atom is 0.490 e. The second-order valence-corrected chi connectivity index (χ2v) is 15.7. The number of carbonyl (C=O) groups excluding carboxylic acids is 3. The highest BCUT2D eigenvalue weighted by atomic mass is 32.2. The molecule has 5 fully saturated rings. The number of esters is 3. The molecule has 9 nitrogen and oxygen atoms in total. The first-order valence-corrected chi connectivity index (χ1v) is 15.9. The van der Waals surface area contributed by atoms with Gasteiger partial charge in [-0.1, -0.05) is 0 Å². The summed E-state index contributed by atoms with van der Waals surface area (Å²) >= 11 is 2.08. The van der Waals surface area contributed by atoms with Crippen LogP contribution in [0.1, 0.15) is 32.1 Å². The smallest absolute Gasteiger partial charge is 0.459 e. The van der Waals surface area contributed by atoms with Gasteiger partial charge in [0.2, 0.25) is 0 Å². The van der Waals surface area contributed by atoms with E-state index in [-0.39, 0.29) is 30.9 Å². The summed E-state index contributed by atoms with van der Waals surface area (Å²) in [5.41, 5.74) is -1.79. The molecule has 0 radical (unpaired) electrons. The van der Waals surface area contributed by atoms with Crippen molar-refractivity contribution in [2.45, 2.75) is 70.6 Å². The van der Waals surface area contributed by atoms with Gasteiger partial charge in [-0.15, -0.1) is 23.5 Å². The lowest BCUT2D eigenvalue weighted by Gasteiger charge is -2.65.